The molecule has 0 unspecified atom stereocenters. The van der Waals surface area contributed by atoms with E-state index in [2.05, 4.69) is 10.3 Å². The van der Waals surface area contributed by atoms with Gasteiger partial charge in [0.15, 0.2) is 0 Å². The SMILES string of the molecule is O=C(O)C1CCN(C(=O)Nc2ccc(-c3ccc(Cl)cc3Cl)nc2)CC1. The third-order valence-electron chi connectivity index (χ3n) is 4.35. The van der Waals surface area contributed by atoms with Crippen molar-refractivity contribution in [3.05, 3.63) is 46.6 Å². The number of anilines is 1. The molecule has 2 aromatic rings. The van der Waals surface area contributed by atoms with Crippen molar-refractivity contribution in [1.82, 2.24) is 9.88 Å². The molecule has 2 N–H and O–H groups in total. The van der Waals surface area contributed by atoms with E-state index < -0.39 is 5.97 Å². The van der Waals surface area contributed by atoms with Crippen LogP contribution in [0.4, 0.5) is 10.5 Å². The van der Waals surface area contributed by atoms with Crippen LogP contribution in [0.5, 0.6) is 0 Å². The summed E-state index contributed by atoms with van der Waals surface area (Å²) in [5, 5.41) is 12.8. The van der Waals surface area contributed by atoms with Crippen LogP contribution < -0.4 is 5.32 Å². The summed E-state index contributed by atoms with van der Waals surface area (Å²) >= 11 is 12.1. The van der Waals surface area contributed by atoms with Crippen molar-refractivity contribution in [1.29, 1.82) is 0 Å². The first kappa shape index (κ1) is 18.5. The maximum atomic E-state index is 12.3. The van der Waals surface area contributed by atoms with Gasteiger partial charge in [0.1, 0.15) is 0 Å². The van der Waals surface area contributed by atoms with E-state index in [-0.39, 0.29) is 11.9 Å². The number of nitrogens with one attached hydrogen (secondary N) is 1. The smallest absolute Gasteiger partial charge is 0.321 e. The largest absolute Gasteiger partial charge is 0.481 e. The summed E-state index contributed by atoms with van der Waals surface area (Å²) in [5.74, 6) is -1.17. The molecule has 0 saturated carbocycles. The van der Waals surface area contributed by atoms with Crippen molar-refractivity contribution in [2.45, 2.75) is 12.8 Å². The Kier molecular flexibility index (Phi) is 5.64. The number of urea groups is 1. The van der Waals surface area contributed by atoms with E-state index in [9.17, 15) is 9.59 Å². The number of nitrogens with zero attached hydrogens (tertiary/aromatic N) is 2. The molecule has 1 fully saturated rings. The average molecular weight is 394 g/mol. The van der Waals surface area contributed by atoms with Gasteiger partial charge in [-0.05, 0) is 43.2 Å². The van der Waals surface area contributed by atoms with Gasteiger partial charge in [0.2, 0.25) is 0 Å². The number of pyridine rings is 1. The number of aromatic nitrogens is 1. The van der Waals surface area contributed by atoms with Crippen LogP contribution in [0.15, 0.2) is 36.5 Å². The third kappa shape index (κ3) is 4.26. The number of benzene rings is 1. The summed E-state index contributed by atoms with van der Waals surface area (Å²) in [5.41, 5.74) is 1.99. The molecule has 1 aliphatic heterocycles. The fourth-order valence-electron chi connectivity index (χ4n) is 2.86. The van der Waals surface area contributed by atoms with Gasteiger partial charge in [-0.25, -0.2) is 4.79 Å². The van der Waals surface area contributed by atoms with Gasteiger partial charge in [-0.2, -0.15) is 0 Å². The Morgan fingerprint density at radius 3 is 2.46 bits per heavy atom. The Morgan fingerprint density at radius 2 is 1.88 bits per heavy atom. The lowest BCUT2D eigenvalue weighted by molar-refractivity contribution is -0.143. The Balaban J connectivity index is 1.62. The number of carbonyl (C=O) groups excluding carboxylic acids is 1. The minimum atomic E-state index is -0.800. The lowest BCUT2D eigenvalue weighted by Crippen LogP contribution is -2.42. The topological polar surface area (TPSA) is 82.5 Å². The van der Waals surface area contributed by atoms with E-state index in [1.165, 1.54) is 0 Å². The maximum absolute atomic E-state index is 12.3. The Labute approximate surface area is 160 Å². The first-order chi connectivity index (χ1) is 12.4. The number of hydrogen-bond donors (Lipinski definition) is 2. The number of likely N-dealkylation sites (tertiary alicyclic amines) is 1. The van der Waals surface area contributed by atoms with Crippen LogP contribution in [-0.2, 0) is 4.79 Å². The number of aliphatic carboxylic acids is 1. The summed E-state index contributed by atoms with van der Waals surface area (Å²) in [6.07, 6.45) is 2.49. The van der Waals surface area contributed by atoms with Crippen LogP contribution in [0.3, 0.4) is 0 Å². The Morgan fingerprint density at radius 1 is 1.15 bits per heavy atom. The number of amides is 2. The highest BCUT2D eigenvalue weighted by Gasteiger charge is 2.27. The van der Waals surface area contributed by atoms with E-state index in [1.54, 1.807) is 41.4 Å². The molecular weight excluding hydrogens is 377 g/mol. The number of rotatable bonds is 3. The highest BCUT2D eigenvalue weighted by Crippen LogP contribution is 2.29. The molecule has 0 radical (unpaired) electrons. The molecule has 1 aromatic heterocycles. The van der Waals surface area contributed by atoms with Gasteiger partial charge in [-0.1, -0.05) is 23.2 Å². The van der Waals surface area contributed by atoms with E-state index in [0.717, 1.165) is 5.56 Å². The molecule has 1 aromatic carbocycles. The van der Waals surface area contributed by atoms with Crippen molar-refractivity contribution in [3.8, 4) is 11.3 Å². The van der Waals surface area contributed by atoms with Gasteiger partial charge in [0, 0.05) is 23.7 Å². The zero-order valence-electron chi connectivity index (χ0n) is 13.8. The zero-order chi connectivity index (χ0) is 18.7. The van der Waals surface area contributed by atoms with Crippen molar-refractivity contribution in [3.63, 3.8) is 0 Å². The molecule has 1 saturated heterocycles. The highest BCUT2D eigenvalue weighted by atomic mass is 35.5. The molecule has 0 spiro atoms. The normalized spacial score (nSPS) is 14.9. The first-order valence-electron chi connectivity index (χ1n) is 8.14. The van der Waals surface area contributed by atoms with Gasteiger partial charge in [-0.3, -0.25) is 9.78 Å². The number of piperidine rings is 1. The van der Waals surface area contributed by atoms with E-state index in [1.807, 2.05) is 0 Å². The van der Waals surface area contributed by atoms with Crippen LogP contribution in [-0.4, -0.2) is 40.1 Å². The van der Waals surface area contributed by atoms with Crippen LogP contribution in [0.25, 0.3) is 11.3 Å². The molecule has 3 rings (SSSR count). The fraction of sp³-hybridized carbons (Fsp3) is 0.278. The zero-order valence-corrected chi connectivity index (χ0v) is 15.3. The van der Waals surface area contributed by atoms with E-state index in [4.69, 9.17) is 28.3 Å². The van der Waals surface area contributed by atoms with E-state index in [0.29, 0.717) is 47.4 Å². The molecule has 0 bridgehead atoms. The first-order valence-corrected chi connectivity index (χ1v) is 8.90. The number of carboxylic acids is 1. The second kappa shape index (κ2) is 7.93. The quantitative estimate of drug-likeness (QED) is 0.809. The van der Waals surface area contributed by atoms with Gasteiger partial charge < -0.3 is 15.3 Å². The maximum Gasteiger partial charge on any atom is 0.321 e. The number of halogens is 2. The molecule has 1 aliphatic rings. The van der Waals surface area contributed by atoms with Crippen molar-refractivity contribution < 1.29 is 14.7 Å². The molecule has 2 heterocycles. The van der Waals surface area contributed by atoms with E-state index >= 15 is 0 Å². The second-order valence-corrected chi connectivity index (χ2v) is 6.93. The van der Waals surface area contributed by atoms with Crippen molar-refractivity contribution in [2.75, 3.05) is 18.4 Å². The van der Waals surface area contributed by atoms with Crippen molar-refractivity contribution >= 4 is 40.9 Å². The lowest BCUT2D eigenvalue weighted by Gasteiger charge is -2.30. The molecule has 26 heavy (non-hydrogen) atoms. The summed E-state index contributed by atoms with van der Waals surface area (Å²) < 4.78 is 0. The minimum absolute atomic E-state index is 0.257. The van der Waals surface area contributed by atoms with Gasteiger partial charge in [0.25, 0.3) is 0 Å². The second-order valence-electron chi connectivity index (χ2n) is 6.09. The highest BCUT2D eigenvalue weighted by molar-refractivity contribution is 6.36. The summed E-state index contributed by atoms with van der Waals surface area (Å²) in [6, 6.07) is 8.43. The summed E-state index contributed by atoms with van der Waals surface area (Å²) in [4.78, 5) is 29.2. The summed E-state index contributed by atoms with van der Waals surface area (Å²) in [7, 11) is 0. The molecule has 0 atom stereocenters. The molecule has 2 amide bonds. The van der Waals surface area contributed by atoms with Crippen LogP contribution in [0.2, 0.25) is 10.0 Å². The van der Waals surface area contributed by atoms with Crippen molar-refractivity contribution in [2.24, 2.45) is 5.92 Å². The van der Waals surface area contributed by atoms with Crippen LogP contribution in [0, 0.1) is 5.92 Å². The molecule has 8 heteroatoms. The molecule has 0 aliphatic carbocycles. The van der Waals surface area contributed by atoms with Gasteiger partial charge in [0.05, 0.1) is 28.5 Å². The minimum Gasteiger partial charge on any atom is -0.481 e. The number of carboxylic acid groups (broad SMARTS) is 1. The molecular formula is C18H17Cl2N3O3. The number of hydrogen-bond acceptors (Lipinski definition) is 3. The lowest BCUT2D eigenvalue weighted by atomic mass is 9.97. The monoisotopic (exact) mass is 393 g/mol. The fourth-order valence-corrected chi connectivity index (χ4v) is 3.36. The summed E-state index contributed by atoms with van der Waals surface area (Å²) in [6.45, 7) is 0.851. The van der Waals surface area contributed by atoms with Crippen LogP contribution in [0.1, 0.15) is 12.8 Å². The third-order valence-corrected chi connectivity index (χ3v) is 4.90. The predicted octanol–water partition coefficient (Wildman–Crippen LogP) is 4.38. The van der Waals surface area contributed by atoms with Gasteiger partial charge in [-0.15, -0.1) is 0 Å². The number of carbonyl (C=O) groups is 2. The predicted molar refractivity (Wildman–Crippen MR) is 101 cm³/mol. The average Bonchev–Trinajstić information content (AvgIpc) is 2.63. The van der Waals surface area contributed by atoms with Crippen LogP contribution >= 0.6 is 23.2 Å². The molecule has 6 nitrogen and oxygen atoms in total. The Bertz CT molecular complexity index is 819. The molecule has 136 valence electrons. The van der Waals surface area contributed by atoms with Gasteiger partial charge >= 0.3 is 12.0 Å². The Hall–Kier alpha value is -2.31. The standard InChI is InChI=1S/C18H17Cl2N3O3/c19-12-1-3-14(15(20)9-12)16-4-2-13(10-21-16)22-18(26)23-7-5-11(6-8-23)17(24)25/h1-4,9-11H,5-8H2,(H,22,26)(H,24,25).